The number of benzene rings is 1. The number of nitrogens with zero attached hydrogens (tertiary/aromatic N) is 4. The Morgan fingerprint density at radius 1 is 1.00 bits per heavy atom. The molecule has 0 radical (unpaired) electrons. The average Bonchev–Trinajstić information content (AvgIpc) is 3.05. The molecule has 3 heterocycles. The minimum atomic E-state index is 0.827. The molecule has 0 aliphatic rings. The summed E-state index contributed by atoms with van der Waals surface area (Å²) in [5, 5.41) is 10.6. The van der Waals surface area contributed by atoms with Crippen LogP contribution in [0.1, 0.15) is 0 Å². The Morgan fingerprint density at radius 3 is 2.78 bits per heavy atom. The van der Waals surface area contributed by atoms with Crippen molar-refractivity contribution < 1.29 is 0 Å². The third-order valence-corrected chi connectivity index (χ3v) is 3.79. The smallest absolute Gasteiger partial charge is 0.181 e. The fraction of sp³-hybridized carbons (Fsp3) is 0. The van der Waals surface area contributed by atoms with Gasteiger partial charge in [0.2, 0.25) is 0 Å². The molecule has 86 valence electrons. The highest BCUT2D eigenvalue weighted by molar-refractivity contribution is 7.17. The minimum absolute atomic E-state index is 0.827. The third-order valence-electron chi connectivity index (χ3n) is 2.89. The zero-order chi connectivity index (χ0) is 11.9. The second kappa shape index (κ2) is 3.61. The van der Waals surface area contributed by atoms with E-state index in [1.165, 1.54) is 0 Å². The normalized spacial score (nSPS) is 11.3. The number of thiophene rings is 1. The Morgan fingerprint density at radius 2 is 1.89 bits per heavy atom. The van der Waals surface area contributed by atoms with Gasteiger partial charge in [-0.1, -0.05) is 30.3 Å². The van der Waals surface area contributed by atoms with Crippen molar-refractivity contribution in [1.82, 2.24) is 19.6 Å². The van der Waals surface area contributed by atoms with Crippen LogP contribution in [0.4, 0.5) is 0 Å². The Bertz CT molecular complexity index is 832. The number of hydrogen-bond acceptors (Lipinski definition) is 4. The minimum Gasteiger partial charge on any atom is -0.264 e. The summed E-state index contributed by atoms with van der Waals surface area (Å²) in [6.45, 7) is 0. The van der Waals surface area contributed by atoms with Gasteiger partial charge in [0.1, 0.15) is 6.33 Å². The van der Waals surface area contributed by atoms with Crippen LogP contribution in [-0.2, 0) is 0 Å². The molecule has 0 N–H and O–H groups in total. The predicted octanol–water partition coefficient (Wildman–Crippen LogP) is 3.01. The van der Waals surface area contributed by atoms with E-state index in [0.29, 0.717) is 0 Å². The van der Waals surface area contributed by atoms with Gasteiger partial charge in [-0.15, -0.1) is 21.5 Å². The lowest BCUT2D eigenvalue weighted by molar-refractivity contribution is 1.09. The van der Waals surface area contributed by atoms with E-state index in [0.717, 1.165) is 27.3 Å². The van der Waals surface area contributed by atoms with E-state index >= 15 is 0 Å². The molecular formula is C13H8N4S. The van der Waals surface area contributed by atoms with Crippen molar-refractivity contribution in [2.45, 2.75) is 0 Å². The second-order valence-electron chi connectivity index (χ2n) is 3.96. The van der Waals surface area contributed by atoms with E-state index in [-0.39, 0.29) is 0 Å². The fourth-order valence-corrected chi connectivity index (χ4v) is 2.85. The molecule has 0 aliphatic heterocycles. The topological polar surface area (TPSA) is 43.1 Å². The van der Waals surface area contributed by atoms with Gasteiger partial charge in [0.15, 0.2) is 11.5 Å². The first-order valence-corrected chi connectivity index (χ1v) is 6.44. The van der Waals surface area contributed by atoms with Gasteiger partial charge >= 0.3 is 0 Å². The lowest BCUT2D eigenvalue weighted by Crippen LogP contribution is -1.90. The van der Waals surface area contributed by atoms with Crippen molar-refractivity contribution in [3.05, 3.63) is 48.1 Å². The zero-order valence-corrected chi connectivity index (χ0v) is 10.1. The van der Waals surface area contributed by atoms with Crippen molar-refractivity contribution in [3.8, 4) is 11.4 Å². The molecule has 0 bridgehead atoms. The number of aromatic nitrogens is 4. The third kappa shape index (κ3) is 1.28. The van der Waals surface area contributed by atoms with E-state index in [4.69, 9.17) is 0 Å². The second-order valence-corrected chi connectivity index (χ2v) is 4.88. The maximum Gasteiger partial charge on any atom is 0.181 e. The largest absolute Gasteiger partial charge is 0.264 e. The average molecular weight is 252 g/mol. The molecule has 0 atom stereocenters. The molecule has 18 heavy (non-hydrogen) atoms. The highest BCUT2D eigenvalue weighted by Crippen LogP contribution is 2.25. The monoisotopic (exact) mass is 252 g/mol. The molecule has 0 spiro atoms. The van der Waals surface area contributed by atoms with Crippen molar-refractivity contribution in [2.75, 3.05) is 0 Å². The van der Waals surface area contributed by atoms with Gasteiger partial charge in [-0.25, -0.2) is 4.98 Å². The van der Waals surface area contributed by atoms with Gasteiger partial charge in [-0.3, -0.25) is 4.40 Å². The molecule has 0 saturated carbocycles. The van der Waals surface area contributed by atoms with Gasteiger partial charge < -0.3 is 0 Å². The molecule has 0 fully saturated rings. The summed E-state index contributed by atoms with van der Waals surface area (Å²) < 4.78 is 3.01. The van der Waals surface area contributed by atoms with Crippen LogP contribution >= 0.6 is 11.3 Å². The molecule has 0 saturated heterocycles. The maximum atomic E-state index is 4.42. The molecule has 5 heteroatoms. The highest BCUT2D eigenvalue weighted by atomic mass is 32.1. The van der Waals surface area contributed by atoms with E-state index in [1.54, 1.807) is 17.7 Å². The van der Waals surface area contributed by atoms with Gasteiger partial charge in [0, 0.05) is 5.56 Å². The maximum absolute atomic E-state index is 4.42. The van der Waals surface area contributed by atoms with Crippen LogP contribution in [0.5, 0.6) is 0 Å². The SMILES string of the molecule is c1ccc(-c2nnc3c4sccc4ncn23)cc1. The quantitative estimate of drug-likeness (QED) is 0.523. The van der Waals surface area contributed by atoms with E-state index in [9.17, 15) is 0 Å². The van der Waals surface area contributed by atoms with Gasteiger partial charge in [0.05, 0.1) is 10.2 Å². The summed E-state index contributed by atoms with van der Waals surface area (Å²) in [5.74, 6) is 0.827. The predicted molar refractivity (Wildman–Crippen MR) is 71.6 cm³/mol. The Labute approximate surface area is 107 Å². The van der Waals surface area contributed by atoms with Crippen LogP contribution in [0.3, 0.4) is 0 Å². The summed E-state index contributed by atoms with van der Waals surface area (Å²) in [6, 6.07) is 12.0. The molecule has 0 aliphatic carbocycles. The standard InChI is InChI=1S/C13H8N4S/c1-2-4-9(5-3-1)12-15-16-13-11-10(6-7-18-11)14-8-17(12)13/h1-8H. The first-order chi connectivity index (χ1) is 8.93. The number of rotatable bonds is 1. The van der Waals surface area contributed by atoms with Crippen LogP contribution in [0, 0.1) is 0 Å². The Hall–Kier alpha value is -2.27. The molecule has 4 nitrogen and oxygen atoms in total. The van der Waals surface area contributed by atoms with E-state index in [2.05, 4.69) is 15.2 Å². The van der Waals surface area contributed by atoms with Crippen molar-refractivity contribution >= 4 is 27.2 Å². The summed E-state index contributed by atoms with van der Waals surface area (Å²) in [5.41, 5.74) is 2.89. The fourth-order valence-electron chi connectivity index (χ4n) is 2.03. The van der Waals surface area contributed by atoms with Crippen molar-refractivity contribution in [3.63, 3.8) is 0 Å². The van der Waals surface area contributed by atoms with Gasteiger partial charge in [-0.2, -0.15) is 0 Å². The molecule has 4 rings (SSSR count). The lowest BCUT2D eigenvalue weighted by atomic mass is 10.2. The summed E-state index contributed by atoms with van der Waals surface area (Å²) in [4.78, 5) is 4.42. The van der Waals surface area contributed by atoms with Crippen LogP contribution in [-0.4, -0.2) is 19.6 Å². The summed E-state index contributed by atoms with van der Waals surface area (Å²) >= 11 is 1.64. The van der Waals surface area contributed by atoms with Crippen LogP contribution in [0.25, 0.3) is 27.3 Å². The molecule has 3 aromatic heterocycles. The van der Waals surface area contributed by atoms with E-state index in [1.807, 2.05) is 46.2 Å². The Kier molecular flexibility index (Phi) is 1.95. The Balaban J connectivity index is 2.09. The van der Waals surface area contributed by atoms with Crippen LogP contribution in [0.2, 0.25) is 0 Å². The molecular weight excluding hydrogens is 244 g/mol. The molecule has 4 aromatic rings. The van der Waals surface area contributed by atoms with Gasteiger partial charge in [-0.05, 0) is 11.4 Å². The first kappa shape index (κ1) is 9.73. The van der Waals surface area contributed by atoms with Crippen molar-refractivity contribution in [2.24, 2.45) is 0 Å². The molecule has 0 amide bonds. The molecule has 0 unspecified atom stereocenters. The first-order valence-electron chi connectivity index (χ1n) is 5.56. The van der Waals surface area contributed by atoms with Gasteiger partial charge in [0.25, 0.3) is 0 Å². The summed E-state index contributed by atoms with van der Waals surface area (Å²) in [6.07, 6.45) is 1.78. The molecule has 1 aromatic carbocycles. The van der Waals surface area contributed by atoms with Crippen LogP contribution < -0.4 is 0 Å². The number of fused-ring (bicyclic) bond motifs is 3. The summed E-state index contributed by atoms with van der Waals surface area (Å²) in [7, 11) is 0. The lowest BCUT2D eigenvalue weighted by Gasteiger charge is -1.99. The van der Waals surface area contributed by atoms with Crippen LogP contribution in [0.15, 0.2) is 48.1 Å². The zero-order valence-electron chi connectivity index (χ0n) is 9.32. The highest BCUT2D eigenvalue weighted by Gasteiger charge is 2.11. The van der Waals surface area contributed by atoms with E-state index < -0.39 is 0 Å². The number of hydrogen-bond donors (Lipinski definition) is 0. The van der Waals surface area contributed by atoms with Crippen molar-refractivity contribution in [1.29, 1.82) is 0 Å².